The summed E-state index contributed by atoms with van der Waals surface area (Å²) < 4.78 is 23.0. The van der Waals surface area contributed by atoms with Crippen LogP contribution in [0.4, 0.5) is 0 Å². The molecule has 1 fully saturated rings. The van der Waals surface area contributed by atoms with Crippen molar-refractivity contribution in [3.8, 4) is 28.7 Å². The Labute approximate surface area is 214 Å². The van der Waals surface area contributed by atoms with Crippen LogP contribution in [0.2, 0.25) is 0 Å². The maximum atomic E-state index is 13.3. The molecule has 37 heavy (non-hydrogen) atoms. The molecule has 0 aromatic heterocycles. The first-order valence-corrected chi connectivity index (χ1v) is 11.8. The van der Waals surface area contributed by atoms with Gasteiger partial charge in [0, 0.05) is 30.7 Å². The second kappa shape index (κ2) is 8.86. The Morgan fingerprint density at radius 1 is 0.973 bits per heavy atom. The number of aromatic hydroxyl groups is 1. The lowest BCUT2D eigenvalue weighted by Crippen LogP contribution is -2.52. The number of methoxy groups -OCH3 is 3. The number of nitrogens with one attached hydrogen (secondary N) is 1. The standard InChI is InChI=1S/C28H29NO8/c1-29-26(32)22-23(15-8-6-5-7-9-15)28(16-10-11-19(35-3)18(30)12-16)27(33,25(22)31)24-20(36-4)13-17(34-2)14-21(24)37-28/h5-14,22-23,25,30-31,33H,1-4H3,(H,29,32)/t22-,23+,25-,27-,28-/m0/s1. The number of hydrogen-bond donors (Lipinski definition) is 4. The molecule has 0 saturated heterocycles. The number of ether oxygens (including phenoxy) is 4. The van der Waals surface area contributed by atoms with Gasteiger partial charge in [0.2, 0.25) is 5.91 Å². The predicted molar refractivity (Wildman–Crippen MR) is 133 cm³/mol. The van der Waals surface area contributed by atoms with Crippen LogP contribution in [0.25, 0.3) is 0 Å². The molecule has 9 heteroatoms. The van der Waals surface area contributed by atoms with E-state index in [4.69, 9.17) is 18.9 Å². The lowest BCUT2D eigenvalue weighted by atomic mass is 9.70. The van der Waals surface area contributed by atoms with Gasteiger partial charge >= 0.3 is 0 Å². The van der Waals surface area contributed by atoms with E-state index in [2.05, 4.69) is 5.32 Å². The smallest absolute Gasteiger partial charge is 0.226 e. The Kier molecular flexibility index (Phi) is 5.92. The minimum atomic E-state index is -2.17. The van der Waals surface area contributed by atoms with Gasteiger partial charge in [-0.05, 0) is 17.7 Å². The van der Waals surface area contributed by atoms with Gasteiger partial charge in [0.05, 0.1) is 32.8 Å². The molecule has 0 unspecified atom stereocenters. The third kappa shape index (κ3) is 3.20. The summed E-state index contributed by atoms with van der Waals surface area (Å²) in [4.78, 5) is 13.3. The fourth-order valence-electron chi connectivity index (χ4n) is 6.04. The number of carbonyl (C=O) groups excluding carboxylic acids is 1. The van der Waals surface area contributed by atoms with Crippen LogP contribution in [0.3, 0.4) is 0 Å². The number of phenolic OH excluding ortho intramolecular Hbond substituents is 1. The van der Waals surface area contributed by atoms with Crippen molar-refractivity contribution in [2.45, 2.75) is 23.2 Å². The van der Waals surface area contributed by atoms with E-state index in [1.165, 1.54) is 34.4 Å². The molecule has 2 aliphatic rings. The van der Waals surface area contributed by atoms with E-state index in [1.54, 1.807) is 24.3 Å². The van der Waals surface area contributed by atoms with Gasteiger partial charge in [-0.3, -0.25) is 4.79 Å². The van der Waals surface area contributed by atoms with Gasteiger partial charge in [-0.25, -0.2) is 0 Å². The van der Waals surface area contributed by atoms with E-state index >= 15 is 0 Å². The van der Waals surface area contributed by atoms with Gasteiger partial charge < -0.3 is 39.6 Å². The number of fused-ring (bicyclic) bond motifs is 3. The molecule has 0 bridgehead atoms. The molecular formula is C28H29NO8. The van der Waals surface area contributed by atoms with Crippen LogP contribution in [-0.4, -0.2) is 55.7 Å². The molecule has 0 radical (unpaired) electrons. The van der Waals surface area contributed by atoms with Crippen molar-refractivity contribution in [2.75, 3.05) is 28.4 Å². The zero-order valence-electron chi connectivity index (χ0n) is 20.9. The Hall–Kier alpha value is -3.95. The van der Waals surface area contributed by atoms with Crippen molar-refractivity contribution >= 4 is 5.91 Å². The highest BCUT2D eigenvalue weighted by atomic mass is 16.5. The van der Waals surface area contributed by atoms with Crippen molar-refractivity contribution in [1.29, 1.82) is 0 Å². The number of rotatable bonds is 6. The number of aliphatic hydroxyl groups excluding tert-OH is 1. The zero-order valence-corrected chi connectivity index (χ0v) is 20.9. The summed E-state index contributed by atoms with van der Waals surface area (Å²) in [5.74, 6) is -1.59. The second-order valence-electron chi connectivity index (χ2n) is 9.17. The Morgan fingerprint density at radius 3 is 2.27 bits per heavy atom. The first-order chi connectivity index (χ1) is 17.8. The maximum Gasteiger partial charge on any atom is 0.226 e. The number of aliphatic hydroxyl groups is 2. The molecule has 5 rings (SSSR count). The first kappa shape index (κ1) is 24.7. The Bertz CT molecular complexity index is 1350. The van der Waals surface area contributed by atoms with E-state index < -0.39 is 35.0 Å². The van der Waals surface area contributed by atoms with Gasteiger partial charge in [-0.15, -0.1) is 0 Å². The highest BCUT2D eigenvalue weighted by molar-refractivity contribution is 5.83. The molecule has 1 saturated carbocycles. The molecule has 1 heterocycles. The van der Waals surface area contributed by atoms with E-state index in [0.717, 1.165) is 0 Å². The van der Waals surface area contributed by atoms with Gasteiger partial charge in [0.25, 0.3) is 0 Å². The van der Waals surface area contributed by atoms with Crippen LogP contribution >= 0.6 is 0 Å². The van der Waals surface area contributed by atoms with E-state index in [-0.39, 0.29) is 28.6 Å². The Balaban J connectivity index is 1.90. The van der Waals surface area contributed by atoms with Gasteiger partial charge in [-0.1, -0.05) is 36.4 Å². The second-order valence-corrected chi connectivity index (χ2v) is 9.17. The number of hydrogen-bond acceptors (Lipinski definition) is 8. The van der Waals surface area contributed by atoms with E-state index in [1.807, 2.05) is 30.3 Å². The molecular weight excluding hydrogens is 478 g/mol. The molecule has 9 nitrogen and oxygen atoms in total. The lowest BCUT2D eigenvalue weighted by Gasteiger charge is -2.41. The Morgan fingerprint density at radius 2 is 1.68 bits per heavy atom. The fraction of sp³-hybridized carbons (Fsp3) is 0.321. The summed E-state index contributed by atoms with van der Waals surface area (Å²) in [5, 5.41) is 38.0. The fourth-order valence-corrected chi connectivity index (χ4v) is 6.04. The summed E-state index contributed by atoms with van der Waals surface area (Å²) in [5.41, 5.74) is -2.74. The van der Waals surface area contributed by atoms with Crippen LogP contribution < -0.4 is 24.3 Å². The molecule has 3 aromatic carbocycles. The summed E-state index contributed by atoms with van der Waals surface area (Å²) in [6.07, 6.45) is -1.62. The summed E-state index contributed by atoms with van der Waals surface area (Å²) >= 11 is 0. The van der Waals surface area contributed by atoms with Crippen LogP contribution in [0, 0.1) is 5.92 Å². The van der Waals surface area contributed by atoms with Crippen molar-refractivity contribution in [3.63, 3.8) is 0 Å². The number of benzene rings is 3. The minimum absolute atomic E-state index is 0.186. The van der Waals surface area contributed by atoms with E-state index in [9.17, 15) is 20.1 Å². The lowest BCUT2D eigenvalue weighted by molar-refractivity contribution is -0.154. The molecule has 4 N–H and O–H groups in total. The van der Waals surface area contributed by atoms with Crippen LogP contribution in [0.5, 0.6) is 28.7 Å². The third-order valence-electron chi connectivity index (χ3n) is 7.59. The topological polar surface area (TPSA) is 127 Å². The summed E-state index contributed by atoms with van der Waals surface area (Å²) in [7, 11) is 5.83. The van der Waals surface area contributed by atoms with E-state index in [0.29, 0.717) is 16.9 Å². The number of amides is 1. The minimum Gasteiger partial charge on any atom is -0.504 e. The van der Waals surface area contributed by atoms with Crippen molar-refractivity contribution in [3.05, 3.63) is 77.4 Å². The van der Waals surface area contributed by atoms with Crippen molar-refractivity contribution < 1.29 is 39.1 Å². The SMILES string of the molecule is CNC(=O)[C@H]1[C@@H](c2ccccc2)[C@]2(c3ccc(OC)c(O)c3)Oc3cc(OC)cc(OC)c3[C@]2(O)[C@H]1O. The largest absolute Gasteiger partial charge is 0.504 e. The average molecular weight is 508 g/mol. The number of carbonyl (C=O) groups is 1. The van der Waals surface area contributed by atoms with Gasteiger partial charge in [0.1, 0.15) is 23.4 Å². The van der Waals surface area contributed by atoms with Gasteiger partial charge in [-0.2, -0.15) is 0 Å². The molecule has 194 valence electrons. The summed E-state index contributed by atoms with van der Waals surface area (Å²) in [6.45, 7) is 0. The monoisotopic (exact) mass is 507 g/mol. The maximum absolute atomic E-state index is 13.3. The number of phenols is 1. The highest BCUT2D eigenvalue weighted by Crippen LogP contribution is 2.70. The molecule has 0 spiro atoms. The molecule has 1 amide bonds. The predicted octanol–water partition coefficient (Wildman–Crippen LogP) is 2.41. The van der Waals surface area contributed by atoms with Crippen molar-refractivity contribution in [1.82, 2.24) is 5.32 Å². The normalized spacial score (nSPS) is 27.6. The summed E-state index contributed by atoms with van der Waals surface area (Å²) in [6, 6.07) is 16.9. The van der Waals surface area contributed by atoms with Crippen molar-refractivity contribution in [2.24, 2.45) is 5.92 Å². The molecule has 1 aliphatic carbocycles. The van der Waals surface area contributed by atoms with Crippen LogP contribution in [-0.2, 0) is 16.0 Å². The van der Waals surface area contributed by atoms with Crippen LogP contribution in [0.1, 0.15) is 22.6 Å². The molecule has 3 aromatic rings. The van der Waals surface area contributed by atoms with Gasteiger partial charge in [0.15, 0.2) is 22.7 Å². The molecule has 5 atom stereocenters. The molecule has 1 aliphatic heterocycles. The highest BCUT2D eigenvalue weighted by Gasteiger charge is 2.78. The van der Waals surface area contributed by atoms with Crippen LogP contribution in [0.15, 0.2) is 60.7 Å². The first-order valence-electron chi connectivity index (χ1n) is 11.8. The zero-order chi connectivity index (χ0) is 26.5. The quantitative estimate of drug-likeness (QED) is 0.401. The third-order valence-corrected chi connectivity index (χ3v) is 7.59. The average Bonchev–Trinajstić information content (AvgIpc) is 3.30.